The van der Waals surface area contributed by atoms with E-state index in [0.29, 0.717) is 10.6 Å². The van der Waals surface area contributed by atoms with E-state index >= 15 is 0 Å². The van der Waals surface area contributed by atoms with Crippen LogP contribution >= 0.6 is 23.2 Å². The highest BCUT2D eigenvalue weighted by atomic mass is 35.5. The van der Waals surface area contributed by atoms with Crippen molar-refractivity contribution in [2.45, 2.75) is 5.50 Å². The molecule has 1 heterocycles. The van der Waals surface area contributed by atoms with Gasteiger partial charge in [0, 0.05) is 13.2 Å². The maximum Gasteiger partial charge on any atom is 0.340 e. The Morgan fingerprint density at radius 3 is 2.85 bits per heavy atom. The summed E-state index contributed by atoms with van der Waals surface area (Å²) in [6, 6.07) is 0. The Morgan fingerprint density at radius 1 is 1.69 bits per heavy atom. The molecule has 3 nitrogen and oxygen atoms in total. The van der Waals surface area contributed by atoms with Crippen molar-refractivity contribution in [2.24, 2.45) is 0 Å². The SMILES string of the molecule is COC(=O)C1=CN(C)C(Cl)C=C1Cl. The molecule has 1 aliphatic rings. The van der Waals surface area contributed by atoms with E-state index < -0.39 is 5.97 Å². The van der Waals surface area contributed by atoms with Gasteiger partial charge >= 0.3 is 5.97 Å². The smallest absolute Gasteiger partial charge is 0.340 e. The fourth-order valence-corrected chi connectivity index (χ4v) is 1.42. The average molecular weight is 222 g/mol. The summed E-state index contributed by atoms with van der Waals surface area (Å²) >= 11 is 11.6. The van der Waals surface area contributed by atoms with E-state index in [1.54, 1.807) is 24.2 Å². The molecule has 0 amide bonds. The van der Waals surface area contributed by atoms with E-state index in [1.165, 1.54) is 7.11 Å². The number of carbonyl (C=O) groups excluding carboxylic acids is 1. The number of hydrogen-bond donors (Lipinski definition) is 0. The number of nitrogens with zero attached hydrogens (tertiary/aromatic N) is 1. The minimum atomic E-state index is -0.461. The predicted octanol–water partition coefficient (Wildman–Crippen LogP) is 1.68. The molecule has 0 saturated heterocycles. The summed E-state index contributed by atoms with van der Waals surface area (Å²) in [6.45, 7) is 0. The summed E-state index contributed by atoms with van der Waals surface area (Å²) in [7, 11) is 3.06. The molecule has 0 aromatic rings. The van der Waals surface area contributed by atoms with Crippen LogP contribution in [0.3, 0.4) is 0 Å². The normalized spacial score (nSPS) is 22.2. The first-order valence-corrected chi connectivity index (χ1v) is 4.41. The lowest BCUT2D eigenvalue weighted by Gasteiger charge is -2.23. The zero-order chi connectivity index (χ0) is 10.0. The minimum absolute atomic E-state index is 0.319. The monoisotopic (exact) mass is 221 g/mol. The maximum atomic E-state index is 11.1. The Morgan fingerprint density at radius 2 is 2.31 bits per heavy atom. The van der Waals surface area contributed by atoms with Crippen LogP contribution < -0.4 is 0 Å². The fraction of sp³-hybridized carbons (Fsp3) is 0.375. The van der Waals surface area contributed by atoms with E-state index in [-0.39, 0.29) is 5.50 Å². The van der Waals surface area contributed by atoms with E-state index in [4.69, 9.17) is 23.2 Å². The zero-order valence-electron chi connectivity index (χ0n) is 7.25. The van der Waals surface area contributed by atoms with Crippen LogP contribution in [-0.2, 0) is 9.53 Å². The molecular weight excluding hydrogens is 213 g/mol. The van der Waals surface area contributed by atoms with Gasteiger partial charge in [-0.25, -0.2) is 4.79 Å². The summed E-state index contributed by atoms with van der Waals surface area (Å²) in [5.74, 6) is -0.461. The van der Waals surface area contributed by atoms with Gasteiger partial charge in [0.2, 0.25) is 0 Å². The Balaban J connectivity index is 2.92. The fourth-order valence-electron chi connectivity index (χ4n) is 0.925. The van der Waals surface area contributed by atoms with Gasteiger partial charge in [0.1, 0.15) is 5.50 Å². The lowest BCUT2D eigenvalue weighted by Crippen LogP contribution is -2.25. The lowest BCUT2D eigenvalue weighted by atomic mass is 10.2. The number of ether oxygens (including phenoxy) is 1. The van der Waals surface area contributed by atoms with Crippen molar-refractivity contribution in [1.82, 2.24) is 4.90 Å². The second-order valence-electron chi connectivity index (χ2n) is 2.59. The van der Waals surface area contributed by atoms with Crippen molar-refractivity contribution in [3.05, 3.63) is 22.9 Å². The highest BCUT2D eigenvalue weighted by Crippen LogP contribution is 2.25. The Bertz CT molecular complexity index is 286. The Kier molecular flexibility index (Phi) is 3.22. The molecule has 13 heavy (non-hydrogen) atoms. The molecular formula is C8H9Cl2NO2. The third-order valence-electron chi connectivity index (χ3n) is 1.67. The van der Waals surface area contributed by atoms with Gasteiger partial charge in [-0.15, -0.1) is 0 Å². The number of rotatable bonds is 1. The topological polar surface area (TPSA) is 29.5 Å². The summed E-state index contributed by atoms with van der Waals surface area (Å²) in [5, 5.41) is 0.324. The van der Waals surface area contributed by atoms with Crippen LogP contribution in [0.15, 0.2) is 22.9 Å². The average Bonchev–Trinajstić information content (AvgIpc) is 2.10. The van der Waals surface area contributed by atoms with Crippen molar-refractivity contribution >= 4 is 29.2 Å². The second-order valence-corrected chi connectivity index (χ2v) is 3.44. The number of likely N-dealkylation sites (N-methyl/N-ethyl adjacent to an activating group) is 1. The molecule has 1 aliphatic heterocycles. The van der Waals surface area contributed by atoms with E-state index in [0.717, 1.165) is 0 Å². The van der Waals surface area contributed by atoms with Crippen molar-refractivity contribution < 1.29 is 9.53 Å². The predicted molar refractivity (Wildman–Crippen MR) is 51.4 cm³/mol. The second kappa shape index (κ2) is 4.03. The Labute approximate surface area is 86.6 Å². The number of esters is 1. The Hall–Kier alpha value is -0.670. The van der Waals surface area contributed by atoms with Crippen LogP contribution in [0.5, 0.6) is 0 Å². The molecule has 5 heteroatoms. The summed E-state index contributed by atoms with van der Waals surface area (Å²) in [4.78, 5) is 12.8. The van der Waals surface area contributed by atoms with Gasteiger partial charge in [-0.3, -0.25) is 0 Å². The molecule has 72 valence electrons. The number of halogens is 2. The van der Waals surface area contributed by atoms with Gasteiger partial charge in [-0.1, -0.05) is 23.2 Å². The summed E-state index contributed by atoms with van der Waals surface area (Å²) < 4.78 is 4.54. The number of hydrogen-bond acceptors (Lipinski definition) is 3. The quantitative estimate of drug-likeness (QED) is 0.384. The van der Waals surface area contributed by atoms with Crippen LogP contribution in [0, 0.1) is 0 Å². The molecule has 1 unspecified atom stereocenters. The zero-order valence-corrected chi connectivity index (χ0v) is 8.76. The molecule has 0 N–H and O–H groups in total. The van der Waals surface area contributed by atoms with Crippen molar-refractivity contribution in [3.63, 3.8) is 0 Å². The van der Waals surface area contributed by atoms with Crippen molar-refractivity contribution in [2.75, 3.05) is 14.2 Å². The standard InChI is InChI=1S/C8H9Cl2NO2/c1-11-4-5(8(12)13-2)6(9)3-7(11)10/h3-4,7H,1-2H3. The summed E-state index contributed by atoms with van der Waals surface area (Å²) in [6.07, 6.45) is 3.14. The lowest BCUT2D eigenvalue weighted by molar-refractivity contribution is -0.135. The van der Waals surface area contributed by atoms with E-state index in [1.807, 2.05) is 0 Å². The molecule has 1 atom stereocenters. The molecule has 1 rings (SSSR count). The first-order chi connectivity index (χ1) is 6.06. The summed E-state index contributed by atoms with van der Waals surface area (Å²) in [5.41, 5.74) is 0.00414. The molecule has 0 bridgehead atoms. The highest BCUT2D eigenvalue weighted by Gasteiger charge is 2.21. The van der Waals surface area contributed by atoms with Crippen LogP contribution in [0.4, 0.5) is 0 Å². The molecule has 0 aromatic carbocycles. The van der Waals surface area contributed by atoms with Crippen LogP contribution in [0.25, 0.3) is 0 Å². The maximum absolute atomic E-state index is 11.1. The van der Waals surface area contributed by atoms with Crippen molar-refractivity contribution in [3.8, 4) is 0 Å². The third-order valence-corrected chi connectivity index (χ3v) is 2.43. The third kappa shape index (κ3) is 2.17. The largest absolute Gasteiger partial charge is 0.465 e. The van der Waals surface area contributed by atoms with Gasteiger partial charge in [0.15, 0.2) is 0 Å². The molecule has 0 aromatic heterocycles. The highest BCUT2D eigenvalue weighted by molar-refractivity contribution is 6.36. The van der Waals surface area contributed by atoms with E-state index in [9.17, 15) is 4.79 Å². The van der Waals surface area contributed by atoms with Crippen LogP contribution in [0.1, 0.15) is 0 Å². The molecule has 0 radical (unpaired) electrons. The van der Waals surface area contributed by atoms with Gasteiger partial charge in [0.05, 0.1) is 17.7 Å². The first kappa shape index (κ1) is 10.4. The van der Waals surface area contributed by atoms with Gasteiger partial charge < -0.3 is 9.64 Å². The molecule has 0 fully saturated rings. The van der Waals surface area contributed by atoms with Crippen LogP contribution in [-0.4, -0.2) is 30.5 Å². The number of alkyl halides is 1. The molecule has 0 spiro atoms. The van der Waals surface area contributed by atoms with Gasteiger partial charge in [0.25, 0.3) is 0 Å². The minimum Gasteiger partial charge on any atom is -0.465 e. The first-order valence-electron chi connectivity index (χ1n) is 3.60. The molecule has 0 aliphatic carbocycles. The number of methoxy groups -OCH3 is 1. The number of carbonyl (C=O) groups is 1. The van der Waals surface area contributed by atoms with Gasteiger partial charge in [-0.05, 0) is 6.08 Å². The van der Waals surface area contributed by atoms with E-state index in [2.05, 4.69) is 4.74 Å². The van der Waals surface area contributed by atoms with Crippen LogP contribution in [0.2, 0.25) is 0 Å². The van der Waals surface area contributed by atoms with Gasteiger partial charge in [-0.2, -0.15) is 0 Å². The van der Waals surface area contributed by atoms with Crippen molar-refractivity contribution in [1.29, 1.82) is 0 Å². The molecule has 0 saturated carbocycles.